The Bertz CT molecular complexity index is 1520. The lowest BCUT2D eigenvalue weighted by Gasteiger charge is -2.37. The summed E-state index contributed by atoms with van der Waals surface area (Å²) in [5.41, 5.74) is 5.10. The second kappa shape index (κ2) is 13.0. The molecule has 0 aromatic heterocycles. The molecule has 0 amide bonds. The van der Waals surface area contributed by atoms with E-state index in [0.29, 0.717) is 42.2 Å². The molecule has 6 nitrogen and oxygen atoms in total. The lowest BCUT2D eigenvalue weighted by molar-refractivity contribution is -0.153. The van der Waals surface area contributed by atoms with Crippen molar-refractivity contribution in [2.45, 2.75) is 76.4 Å². The Hall–Kier alpha value is -4.19. The van der Waals surface area contributed by atoms with Crippen LogP contribution in [-0.2, 0) is 20.9 Å². The first-order valence-electron chi connectivity index (χ1n) is 15.4. The fourth-order valence-corrected chi connectivity index (χ4v) is 6.84. The maximum absolute atomic E-state index is 14.0. The van der Waals surface area contributed by atoms with Crippen LogP contribution >= 0.6 is 0 Å². The summed E-state index contributed by atoms with van der Waals surface area (Å²) in [6, 6.07) is 25.8. The molecular weight excluding hydrogens is 538 g/mol. The van der Waals surface area contributed by atoms with Gasteiger partial charge in [0.05, 0.1) is 7.11 Å². The largest absolute Gasteiger partial charge is 0.493 e. The van der Waals surface area contributed by atoms with Crippen molar-refractivity contribution in [1.82, 2.24) is 0 Å². The highest BCUT2D eigenvalue weighted by molar-refractivity contribution is 6.09. The number of Topliss-reactive ketones (excluding diaryl/α,β-unsaturated/α-hetero) is 1. The second-order valence-electron chi connectivity index (χ2n) is 11.9. The number of hydrogen-bond acceptors (Lipinski definition) is 6. The molecule has 3 aromatic rings. The van der Waals surface area contributed by atoms with E-state index in [1.807, 2.05) is 73.7 Å². The number of benzene rings is 3. The standard InChI is InChI=1S/C37H39NO5/c1-24-34(37(40)43-29-16-10-5-11-17-29)35(36-30(38-24)20-28(21-31(36)39)26-14-8-4-9-15-26)27-18-19-32(33(22-27)41-2)42-23-25-12-6-3-7-13-25/h3-4,6-9,12-15,18-19,22,28-29,34-35H,5,10-11,16-17,20-21,23H2,1-2H3. The van der Waals surface area contributed by atoms with E-state index in [1.54, 1.807) is 7.11 Å². The third kappa shape index (κ3) is 6.29. The van der Waals surface area contributed by atoms with Gasteiger partial charge in [0.1, 0.15) is 18.6 Å². The lowest BCUT2D eigenvalue weighted by atomic mass is 9.69. The van der Waals surface area contributed by atoms with Crippen molar-refractivity contribution in [1.29, 1.82) is 0 Å². The molecule has 222 valence electrons. The summed E-state index contributed by atoms with van der Waals surface area (Å²) in [7, 11) is 1.61. The first kappa shape index (κ1) is 28.9. The molecule has 3 atom stereocenters. The van der Waals surface area contributed by atoms with Crippen molar-refractivity contribution in [3.05, 3.63) is 107 Å². The first-order valence-corrected chi connectivity index (χ1v) is 15.4. The molecular formula is C37H39NO5. The van der Waals surface area contributed by atoms with Gasteiger partial charge in [0.15, 0.2) is 17.3 Å². The van der Waals surface area contributed by atoms with Crippen LogP contribution in [0.25, 0.3) is 0 Å². The Balaban J connectivity index is 1.36. The normalized spacial score (nSPS) is 22.4. The molecule has 0 spiro atoms. The first-order chi connectivity index (χ1) is 21.0. The zero-order chi connectivity index (χ0) is 29.8. The summed E-state index contributed by atoms with van der Waals surface area (Å²) >= 11 is 0. The minimum absolute atomic E-state index is 0.0372. The Morgan fingerprint density at radius 3 is 2.30 bits per heavy atom. The molecule has 3 aliphatic rings. The molecule has 6 rings (SSSR count). The van der Waals surface area contributed by atoms with Crippen molar-refractivity contribution >= 4 is 17.5 Å². The number of aliphatic imine (C=N–C) groups is 1. The van der Waals surface area contributed by atoms with E-state index in [-0.39, 0.29) is 23.8 Å². The Labute approximate surface area is 253 Å². The van der Waals surface area contributed by atoms with Gasteiger partial charge in [-0.25, -0.2) is 0 Å². The lowest BCUT2D eigenvalue weighted by Crippen LogP contribution is -2.39. The Kier molecular flexibility index (Phi) is 8.73. The monoisotopic (exact) mass is 577 g/mol. The van der Waals surface area contributed by atoms with Crippen molar-refractivity contribution in [3.63, 3.8) is 0 Å². The van der Waals surface area contributed by atoms with Crippen LogP contribution in [0.15, 0.2) is 95.1 Å². The van der Waals surface area contributed by atoms with Crippen molar-refractivity contribution in [2.75, 3.05) is 7.11 Å². The summed E-state index contributed by atoms with van der Waals surface area (Å²) < 4.78 is 18.0. The van der Waals surface area contributed by atoms with Crippen LogP contribution in [0.2, 0.25) is 0 Å². The minimum Gasteiger partial charge on any atom is -0.493 e. The van der Waals surface area contributed by atoms with Crippen LogP contribution in [0, 0.1) is 5.92 Å². The quantitative estimate of drug-likeness (QED) is 0.256. The summed E-state index contributed by atoms with van der Waals surface area (Å²) in [6.45, 7) is 2.30. The summed E-state index contributed by atoms with van der Waals surface area (Å²) in [5.74, 6) is -0.241. The van der Waals surface area contributed by atoms with E-state index >= 15 is 0 Å². The van der Waals surface area contributed by atoms with E-state index in [4.69, 9.17) is 19.2 Å². The smallest absolute Gasteiger partial charge is 0.315 e. The van der Waals surface area contributed by atoms with E-state index < -0.39 is 11.8 Å². The molecule has 6 heteroatoms. The van der Waals surface area contributed by atoms with Crippen molar-refractivity contribution in [3.8, 4) is 11.5 Å². The van der Waals surface area contributed by atoms with Crippen LogP contribution in [-0.4, -0.2) is 30.7 Å². The zero-order valence-electron chi connectivity index (χ0n) is 25.0. The topological polar surface area (TPSA) is 74.2 Å². The van der Waals surface area contributed by atoms with Crippen LogP contribution in [0.4, 0.5) is 0 Å². The molecule has 1 fully saturated rings. The third-order valence-electron chi connectivity index (χ3n) is 9.03. The van der Waals surface area contributed by atoms with Crippen LogP contribution in [0.1, 0.15) is 80.4 Å². The van der Waals surface area contributed by atoms with Crippen LogP contribution in [0.5, 0.6) is 11.5 Å². The summed E-state index contributed by atoms with van der Waals surface area (Å²) in [4.78, 5) is 32.9. The number of carbonyl (C=O) groups excluding carboxylic acids is 2. The van der Waals surface area contributed by atoms with Crippen molar-refractivity contribution in [2.24, 2.45) is 10.9 Å². The number of ketones is 1. The van der Waals surface area contributed by atoms with Gasteiger partial charge in [0, 0.05) is 29.3 Å². The van der Waals surface area contributed by atoms with E-state index in [9.17, 15) is 9.59 Å². The molecule has 43 heavy (non-hydrogen) atoms. The molecule has 2 aliphatic carbocycles. The van der Waals surface area contributed by atoms with Gasteiger partial charge in [-0.3, -0.25) is 14.6 Å². The maximum Gasteiger partial charge on any atom is 0.315 e. The van der Waals surface area contributed by atoms with Gasteiger partial charge in [-0.05, 0) is 73.8 Å². The number of hydrogen-bond donors (Lipinski definition) is 0. The predicted octanol–water partition coefficient (Wildman–Crippen LogP) is 7.73. The summed E-state index contributed by atoms with van der Waals surface area (Å²) in [5, 5.41) is 0. The number of allylic oxidation sites excluding steroid dienone is 2. The average molecular weight is 578 g/mol. The molecule has 0 N–H and O–H groups in total. The molecule has 3 unspecified atom stereocenters. The fourth-order valence-electron chi connectivity index (χ4n) is 6.84. The molecule has 3 aromatic carbocycles. The van der Waals surface area contributed by atoms with Gasteiger partial charge in [-0.1, -0.05) is 73.2 Å². The average Bonchev–Trinajstić information content (AvgIpc) is 3.04. The SMILES string of the molecule is COc1cc(C2C3=C(CC(c4ccccc4)CC3=O)N=C(C)C2C(=O)OC2CCCCC2)ccc1OCc1ccccc1. The van der Waals surface area contributed by atoms with Gasteiger partial charge in [-0.2, -0.15) is 0 Å². The minimum atomic E-state index is -0.682. The van der Waals surface area contributed by atoms with Crippen LogP contribution in [0.3, 0.4) is 0 Å². The number of carbonyl (C=O) groups is 2. The Morgan fingerprint density at radius 1 is 0.860 bits per heavy atom. The van der Waals surface area contributed by atoms with Gasteiger partial charge in [0.2, 0.25) is 0 Å². The number of ether oxygens (including phenoxy) is 3. The fraction of sp³-hybridized carbons (Fsp3) is 0.378. The Morgan fingerprint density at radius 2 is 1.58 bits per heavy atom. The molecule has 1 heterocycles. The second-order valence-corrected chi connectivity index (χ2v) is 11.9. The molecule has 0 radical (unpaired) electrons. The zero-order valence-corrected chi connectivity index (χ0v) is 25.0. The molecule has 0 saturated heterocycles. The predicted molar refractivity (Wildman–Crippen MR) is 167 cm³/mol. The maximum atomic E-state index is 14.0. The highest BCUT2D eigenvalue weighted by Gasteiger charge is 2.45. The molecule has 1 aliphatic heterocycles. The third-order valence-corrected chi connectivity index (χ3v) is 9.03. The van der Waals surface area contributed by atoms with Crippen LogP contribution < -0.4 is 9.47 Å². The van der Waals surface area contributed by atoms with Gasteiger partial charge >= 0.3 is 5.97 Å². The van der Waals surface area contributed by atoms with Crippen molar-refractivity contribution < 1.29 is 23.8 Å². The van der Waals surface area contributed by atoms with Gasteiger partial charge in [0.25, 0.3) is 0 Å². The van der Waals surface area contributed by atoms with E-state index in [2.05, 4.69) is 12.1 Å². The van der Waals surface area contributed by atoms with E-state index in [1.165, 1.54) is 6.42 Å². The van der Waals surface area contributed by atoms with E-state index in [0.717, 1.165) is 48.1 Å². The summed E-state index contributed by atoms with van der Waals surface area (Å²) in [6.07, 6.45) is 6.01. The van der Waals surface area contributed by atoms with Gasteiger partial charge < -0.3 is 14.2 Å². The number of esters is 1. The highest BCUT2D eigenvalue weighted by atomic mass is 16.5. The highest BCUT2D eigenvalue weighted by Crippen LogP contribution is 2.48. The number of rotatable bonds is 8. The number of methoxy groups -OCH3 is 1. The number of nitrogens with zero attached hydrogens (tertiary/aromatic N) is 1. The van der Waals surface area contributed by atoms with Gasteiger partial charge in [-0.15, -0.1) is 0 Å². The molecule has 1 saturated carbocycles. The molecule has 0 bridgehead atoms.